The van der Waals surface area contributed by atoms with E-state index in [0.29, 0.717) is 31.1 Å². The Morgan fingerprint density at radius 1 is 1.17 bits per heavy atom. The van der Waals surface area contributed by atoms with Crippen LogP contribution in [0.25, 0.3) is 0 Å². The number of aliphatic hydroxyl groups excluding tert-OH is 1. The molecule has 3 N–H and O–H groups in total. The summed E-state index contributed by atoms with van der Waals surface area (Å²) in [5.74, 6) is 0. The number of amides is 2. The predicted octanol–water partition coefficient (Wildman–Crippen LogP) is 1.65. The van der Waals surface area contributed by atoms with Crippen molar-refractivity contribution in [2.75, 3.05) is 13.7 Å². The monoisotopic (exact) mass is 317 g/mol. The highest BCUT2D eigenvalue weighted by Crippen LogP contribution is 2.34. The maximum absolute atomic E-state index is 12.1. The van der Waals surface area contributed by atoms with Gasteiger partial charge in [-0.1, -0.05) is 24.3 Å². The van der Waals surface area contributed by atoms with Crippen LogP contribution in [0.3, 0.4) is 0 Å². The fraction of sp³-hybridized carbons (Fsp3) is 0.611. The highest BCUT2D eigenvalue weighted by Gasteiger charge is 2.38. The zero-order chi connectivity index (χ0) is 16.2. The SMILES string of the molecule is CN1C2CCC1CC(NC(=O)NCc1ccc(CCO)cc1)C2. The zero-order valence-corrected chi connectivity index (χ0v) is 13.8. The topological polar surface area (TPSA) is 64.6 Å². The van der Waals surface area contributed by atoms with Crippen molar-refractivity contribution in [1.82, 2.24) is 15.5 Å². The molecule has 0 aromatic heterocycles. The second kappa shape index (κ2) is 7.32. The van der Waals surface area contributed by atoms with Crippen LogP contribution in [-0.4, -0.2) is 47.8 Å². The van der Waals surface area contributed by atoms with E-state index in [0.717, 1.165) is 24.0 Å². The minimum Gasteiger partial charge on any atom is -0.396 e. The third kappa shape index (κ3) is 4.03. The maximum Gasteiger partial charge on any atom is 0.315 e. The minimum absolute atomic E-state index is 0.0709. The molecule has 1 aromatic carbocycles. The molecule has 5 heteroatoms. The number of carbonyl (C=O) groups excluding carboxylic acids is 1. The van der Waals surface area contributed by atoms with Crippen molar-refractivity contribution < 1.29 is 9.90 Å². The number of piperidine rings is 1. The van der Waals surface area contributed by atoms with E-state index in [1.807, 2.05) is 24.3 Å². The van der Waals surface area contributed by atoms with Gasteiger partial charge in [0.2, 0.25) is 0 Å². The molecule has 1 aromatic rings. The van der Waals surface area contributed by atoms with Gasteiger partial charge in [-0.05, 0) is 50.3 Å². The molecular formula is C18H27N3O2. The number of fused-ring (bicyclic) bond motifs is 2. The molecular weight excluding hydrogens is 290 g/mol. The molecule has 5 nitrogen and oxygen atoms in total. The van der Waals surface area contributed by atoms with Gasteiger partial charge in [0.05, 0.1) is 0 Å². The van der Waals surface area contributed by atoms with Crippen LogP contribution in [0.2, 0.25) is 0 Å². The molecule has 2 saturated heterocycles. The quantitative estimate of drug-likeness (QED) is 0.774. The summed E-state index contributed by atoms with van der Waals surface area (Å²) in [5, 5.41) is 15.0. The van der Waals surface area contributed by atoms with Crippen molar-refractivity contribution in [2.24, 2.45) is 0 Å². The molecule has 2 unspecified atom stereocenters. The average Bonchev–Trinajstić information content (AvgIpc) is 2.75. The number of carbonyl (C=O) groups is 1. The average molecular weight is 317 g/mol. The van der Waals surface area contributed by atoms with E-state index in [2.05, 4.69) is 22.6 Å². The molecule has 23 heavy (non-hydrogen) atoms. The molecule has 0 aliphatic carbocycles. The number of hydrogen-bond acceptors (Lipinski definition) is 3. The summed E-state index contributed by atoms with van der Waals surface area (Å²) >= 11 is 0. The Bertz CT molecular complexity index is 518. The summed E-state index contributed by atoms with van der Waals surface area (Å²) in [6.07, 6.45) is 5.33. The third-order valence-electron chi connectivity index (χ3n) is 5.31. The molecule has 0 spiro atoms. The Kier molecular flexibility index (Phi) is 5.18. The Balaban J connectivity index is 1.43. The van der Waals surface area contributed by atoms with Crippen LogP contribution in [0, 0.1) is 0 Å². The minimum atomic E-state index is -0.0709. The first kappa shape index (κ1) is 16.3. The summed E-state index contributed by atoms with van der Waals surface area (Å²) in [4.78, 5) is 14.6. The summed E-state index contributed by atoms with van der Waals surface area (Å²) in [6, 6.07) is 9.51. The van der Waals surface area contributed by atoms with Crippen LogP contribution >= 0.6 is 0 Å². The van der Waals surface area contributed by atoms with E-state index < -0.39 is 0 Å². The van der Waals surface area contributed by atoms with Crippen molar-refractivity contribution in [1.29, 1.82) is 0 Å². The Hall–Kier alpha value is -1.59. The van der Waals surface area contributed by atoms with Crippen molar-refractivity contribution >= 4 is 6.03 Å². The number of benzene rings is 1. The van der Waals surface area contributed by atoms with Crippen LogP contribution in [0.5, 0.6) is 0 Å². The molecule has 2 aliphatic heterocycles. The van der Waals surface area contributed by atoms with Crippen LogP contribution in [-0.2, 0) is 13.0 Å². The number of nitrogens with zero attached hydrogens (tertiary/aromatic N) is 1. The predicted molar refractivity (Wildman–Crippen MR) is 90.2 cm³/mol. The summed E-state index contributed by atoms with van der Waals surface area (Å²) < 4.78 is 0. The molecule has 2 fully saturated rings. The Morgan fingerprint density at radius 2 is 1.78 bits per heavy atom. The van der Waals surface area contributed by atoms with Gasteiger partial charge in [-0.3, -0.25) is 0 Å². The third-order valence-corrected chi connectivity index (χ3v) is 5.31. The molecule has 3 rings (SSSR count). The van der Waals surface area contributed by atoms with Crippen molar-refractivity contribution in [3.63, 3.8) is 0 Å². The largest absolute Gasteiger partial charge is 0.396 e. The molecule has 2 atom stereocenters. The number of rotatable bonds is 5. The van der Waals surface area contributed by atoms with E-state index in [9.17, 15) is 4.79 Å². The van der Waals surface area contributed by atoms with Gasteiger partial charge in [-0.2, -0.15) is 0 Å². The highest BCUT2D eigenvalue weighted by molar-refractivity contribution is 5.74. The number of aliphatic hydroxyl groups is 1. The van der Waals surface area contributed by atoms with Crippen LogP contribution in [0.1, 0.15) is 36.8 Å². The van der Waals surface area contributed by atoms with Crippen LogP contribution in [0.15, 0.2) is 24.3 Å². The van der Waals surface area contributed by atoms with Crippen molar-refractivity contribution in [3.8, 4) is 0 Å². The zero-order valence-electron chi connectivity index (χ0n) is 13.8. The van der Waals surface area contributed by atoms with Gasteiger partial charge in [0.25, 0.3) is 0 Å². The molecule has 2 amide bonds. The number of hydrogen-bond donors (Lipinski definition) is 3. The van der Waals surface area contributed by atoms with Crippen LogP contribution in [0.4, 0.5) is 4.79 Å². The van der Waals surface area contributed by atoms with E-state index in [4.69, 9.17) is 5.11 Å². The standard InChI is InChI=1S/C18H27N3O2/c1-21-16-6-7-17(21)11-15(10-16)20-18(23)19-12-14-4-2-13(3-5-14)8-9-22/h2-5,15-17,22H,6-12H2,1H3,(H2,19,20,23). The lowest BCUT2D eigenvalue weighted by Crippen LogP contribution is -2.50. The first-order valence-corrected chi connectivity index (χ1v) is 8.60. The second-order valence-corrected chi connectivity index (χ2v) is 6.84. The second-order valence-electron chi connectivity index (χ2n) is 6.84. The van der Waals surface area contributed by atoms with Crippen molar-refractivity contribution in [2.45, 2.75) is 56.8 Å². The van der Waals surface area contributed by atoms with Gasteiger partial charge in [0.1, 0.15) is 0 Å². The van der Waals surface area contributed by atoms with Gasteiger partial charge < -0.3 is 20.6 Å². The first-order valence-electron chi connectivity index (χ1n) is 8.60. The molecule has 2 heterocycles. The van der Waals surface area contributed by atoms with E-state index in [-0.39, 0.29) is 12.6 Å². The molecule has 2 aliphatic rings. The van der Waals surface area contributed by atoms with Gasteiger partial charge in [0.15, 0.2) is 0 Å². The maximum atomic E-state index is 12.1. The fourth-order valence-corrected chi connectivity index (χ4v) is 3.90. The summed E-state index contributed by atoms with van der Waals surface area (Å²) in [5.41, 5.74) is 2.19. The molecule has 2 bridgehead atoms. The Morgan fingerprint density at radius 3 is 2.39 bits per heavy atom. The highest BCUT2D eigenvalue weighted by atomic mass is 16.3. The summed E-state index contributed by atoms with van der Waals surface area (Å²) in [6.45, 7) is 0.698. The lowest BCUT2D eigenvalue weighted by Gasteiger charge is -2.36. The van der Waals surface area contributed by atoms with Crippen LogP contribution < -0.4 is 10.6 Å². The van der Waals surface area contributed by atoms with Gasteiger partial charge in [0, 0.05) is 31.3 Å². The smallest absolute Gasteiger partial charge is 0.315 e. The van der Waals surface area contributed by atoms with Gasteiger partial charge >= 0.3 is 6.03 Å². The number of urea groups is 1. The molecule has 126 valence electrons. The van der Waals surface area contributed by atoms with E-state index in [1.165, 1.54) is 12.8 Å². The normalized spacial score (nSPS) is 27.0. The van der Waals surface area contributed by atoms with E-state index >= 15 is 0 Å². The molecule has 0 saturated carbocycles. The van der Waals surface area contributed by atoms with E-state index in [1.54, 1.807) is 0 Å². The first-order chi connectivity index (χ1) is 11.2. The lowest BCUT2D eigenvalue weighted by atomic mass is 9.98. The number of nitrogens with one attached hydrogen (secondary N) is 2. The van der Waals surface area contributed by atoms with Gasteiger partial charge in [-0.15, -0.1) is 0 Å². The van der Waals surface area contributed by atoms with Crippen molar-refractivity contribution in [3.05, 3.63) is 35.4 Å². The van der Waals surface area contributed by atoms with Gasteiger partial charge in [-0.25, -0.2) is 4.79 Å². The fourth-order valence-electron chi connectivity index (χ4n) is 3.90. The summed E-state index contributed by atoms with van der Waals surface area (Å²) in [7, 11) is 2.21. The lowest BCUT2D eigenvalue weighted by molar-refractivity contribution is 0.149. The molecule has 0 radical (unpaired) electrons. The Labute approximate surface area is 138 Å².